The summed E-state index contributed by atoms with van der Waals surface area (Å²) in [4.78, 5) is 0. The van der Waals surface area contributed by atoms with Crippen LogP contribution in [-0.2, 0) is 4.74 Å². The molecule has 0 spiro atoms. The van der Waals surface area contributed by atoms with Gasteiger partial charge in [-0.15, -0.1) is 0 Å². The molecular weight excluding hydrogens is 294 g/mol. The summed E-state index contributed by atoms with van der Waals surface area (Å²) >= 11 is 3.41. The molecule has 0 aromatic heterocycles. The topological polar surface area (TPSA) is 30.5 Å². The molecule has 0 aliphatic carbocycles. The van der Waals surface area contributed by atoms with Crippen molar-refractivity contribution in [2.75, 3.05) is 19.8 Å². The number of ether oxygens (including phenoxy) is 2. The molecule has 2 atom stereocenters. The van der Waals surface area contributed by atoms with Crippen LogP contribution in [0.25, 0.3) is 0 Å². The van der Waals surface area contributed by atoms with Gasteiger partial charge in [0.2, 0.25) is 0 Å². The van der Waals surface area contributed by atoms with Crippen LogP contribution in [0, 0.1) is 0 Å². The first-order valence-electron chi connectivity index (χ1n) is 6.47. The second-order valence-corrected chi connectivity index (χ2v) is 5.57. The summed E-state index contributed by atoms with van der Waals surface area (Å²) in [6.07, 6.45) is 2.57. The van der Waals surface area contributed by atoms with Gasteiger partial charge < -0.3 is 14.8 Å². The molecule has 1 aliphatic heterocycles. The fraction of sp³-hybridized carbons (Fsp3) is 0.571. The summed E-state index contributed by atoms with van der Waals surface area (Å²) in [5.74, 6) is 0.917. The Kier molecular flexibility index (Phi) is 5.47. The average Bonchev–Trinajstić information content (AvgIpc) is 2.37. The number of benzene rings is 1. The van der Waals surface area contributed by atoms with E-state index in [0.29, 0.717) is 18.8 Å². The molecule has 2 rings (SSSR count). The Bertz CT molecular complexity index is 355. The Hall–Kier alpha value is -0.580. The maximum atomic E-state index is 5.66. The van der Waals surface area contributed by atoms with Crippen LogP contribution in [0.4, 0.5) is 0 Å². The molecule has 1 N–H and O–H groups in total. The SMILES string of the molecule is CC1CC(NCCOc2ccc(Br)cc2)CCO1. The van der Waals surface area contributed by atoms with Gasteiger partial charge in [-0.3, -0.25) is 0 Å². The van der Waals surface area contributed by atoms with Gasteiger partial charge in [-0.1, -0.05) is 15.9 Å². The molecule has 0 saturated carbocycles. The number of hydrogen-bond acceptors (Lipinski definition) is 3. The zero-order valence-corrected chi connectivity index (χ0v) is 12.3. The van der Waals surface area contributed by atoms with E-state index in [1.54, 1.807) is 0 Å². The van der Waals surface area contributed by atoms with Crippen LogP contribution in [0.1, 0.15) is 19.8 Å². The van der Waals surface area contributed by atoms with E-state index in [0.717, 1.165) is 36.2 Å². The molecule has 0 radical (unpaired) electrons. The van der Waals surface area contributed by atoms with Gasteiger partial charge in [0.25, 0.3) is 0 Å². The van der Waals surface area contributed by atoms with Crippen molar-refractivity contribution < 1.29 is 9.47 Å². The highest BCUT2D eigenvalue weighted by Gasteiger charge is 2.18. The number of rotatable bonds is 5. The number of hydrogen-bond donors (Lipinski definition) is 1. The van der Waals surface area contributed by atoms with Gasteiger partial charge >= 0.3 is 0 Å². The van der Waals surface area contributed by atoms with Crippen molar-refractivity contribution >= 4 is 15.9 Å². The van der Waals surface area contributed by atoms with Crippen LogP contribution >= 0.6 is 15.9 Å². The molecule has 0 amide bonds. The van der Waals surface area contributed by atoms with Crippen molar-refractivity contribution in [1.82, 2.24) is 5.32 Å². The van der Waals surface area contributed by atoms with E-state index in [2.05, 4.69) is 28.2 Å². The van der Waals surface area contributed by atoms with Crippen molar-refractivity contribution in [2.24, 2.45) is 0 Å². The molecule has 18 heavy (non-hydrogen) atoms. The Morgan fingerprint density at radius 2 is 2.17 bits per heavy atom. The lowest BCUT2D eigenvalue weighted by Crippen LogP contribution is -2.39. The summed E-state index contributed by atoms with van der Waals surface area (Å²) in [5.41, 5.74) is 0. The van der Waals surface area contributed by atoms with Gasteiger partial charge in [0, 0.05) is 23.7 Å². The highest BCUT2D eigenvalue weighted by Crippen LogP contribution is 2.16. The zero-order valence-electron chi connectivity index (χ0n) is 10.7. The van der Waals surface area contributed by atoms with Crippen LogP contribution in [-0.4, -0.2) is 31.9 Å². The molecule has 1 saturated heterocycles. The van der Waals surface area contributed by atoms with E-state index in [4.69, 9.17) is 9.47 Å². The van der Waals surface area contributed by atoms with E-state index in [1.165, 1.54) is 0 Å². The van der Waals surface area contributed by atoms with Crippen LogP contribution in [0.2, 0.25) is 0 Å². The van der Waals surface area contributed by atoms with E-state index in [9.17, 15) is 0 Å². The van der Waals surface area contributed by atoms with Crippen LogP contribution in [0.3, 0.4) is 0 Å². The van der Waals surface area contributed by atoms with Gasteiger partial charge in [-0.25, -0.2) is 0 Å². The molecule has 1 aromatic rings. The standard InChI is InChI=1S/C14H20BrNO2/c1-11-10-13(6-8-17-11)16-7-9-18-14-4-2-12(15)3-5-14/h2-5,11,13,16H,6-10H2,1H3. The Morgan fingerprint density at radius 1 is 1.39 bits per heavy atom. The van der Waals surface area contributed by atoms with Crippen LogP contribution in [0.5, 0.6) is 5.75 Å². The first kappa shape index (κ1) is 13.8. The average molecular weight is 314 g/mol. The summed E-state index contributed by atoms with van der Waals surface area (Å²) < 4.78 is 12.3. The largest absolute Gasteiger partial charge is 0.492 e. The lowest BCUT2D eigenvalue weighted by molar-refractivity contribution is 0.0129. The lowest BCUT2D eigenvalue weighted by Gasteiger charge is -2.28. The normalized spacial score (nSPS) is 23.9. The maximum absolute atomic E-state index is 5.66. The van der Waals surface area contributed by atoms with E-state index >= 15 is 0 Å². The number of nitrogens with one attached hydrogen (secondary N) is 1. The Balaban J connectivity index is 1.62. The molecule has 4 heteroatoms. The van der Waals surface area contributed by atoms with E-state index in [1.807, 2.05) is 24.3 Å². The smallest absolute Gasteiger partial charge is 0.119 e. The molecule has 2 unspecified atom stereocenters. The molecule has 1 heterocycles. The van der Waals surface area contributed by atoms with E-state index in [-0.39, 0.29) is 0 Å². The van der Waals surface area contributed by atoms with Crippen molar-refractivity contribution in [1.29, 1.82) is 0 Å². The first-order valence-corrected chi connectivity index (χ1v) is 7.26. The van der Waals surface area contributed by atoms with E-state index < -0.39 is 0 Å². The lowest BCUT2D eigenvalue weighted by atomic mass is 10.0. The molecular formula is C14H20BrNO2. The van der Waals surface area contributed by atoms with Crippen LogP contribution < -0.4 is 10.1 Å². The molecule has 1 aliphatic rings. The zero-order chi connectivity index (χ0) is 12.8. The Labute approximate surface area is 117 Å². The molecule has 3 nitrogen and oxygen atoms in total. The second kappa shape index (κ2) is 7.12. The highest BCUT2D eigenvalue weighted by atomic mass is 79.9. The van der Waals surface area contributed by atoms with Crippen molar-refractivity contribution in [3.05, 3.63) is 28.7 Å². The fourth-order valence-corrected chi connectivity index (χ4v) is 2.41. The van der Waals surface area contributed by atoms with Crippen LogP contribution in [0.15, 0.2) is 28.7 Å². The fourth-order valence-electron chi connectivity index (χ4n) is 2.15. The van der Waals surface area contributed by atoms with Gasteiger partial charge in [-0.2, -0.15) is 0 Å². The van der Waals surface area contributed by atoms with Crippen molar-refractivity contribution in [2.45, 2.75) is 31.9 Å². The minimum atomic E-state index is 0.378. The molecule has 0 bridgehead atoms. The molecule has 100 valence electrons. The minimum absolute atomic E-state index is 0.378. The minimum Gasteiger partial charge on any atom is -0.492 e. The summed E-state index contributed by atoms with van der Waals surface area (Å²) in [5, 5.41) is 3.52. The van der Waals surface area contributed by atoms with Crippen molar-refractivity contribution in [3.8, 4) is 5.75 Å². The van der Waals surface area contributed by atoms with Gasteiger partial charge in [0.05, 0.1) is 6.10 Å². The Morgan fingerprint density at radius 3 is 2.89 bits per heavy atom. The van der Waals surface area contributed by atoms with Gasteiger partial charge in [0.15, 0.2) is 0 Å². The number of halogens is 1. The predicted octanol–water partition coefficient (Wildman–Crippen LogP) is 2.99. The van der Waals surface area contributed by atoms with Gasteiger partial charge in [-0.05, 0) is 44.0 Å². The monoisotopic (exact) mass is 313 g/mol. The van der Waals surface area contributed by atoms with Crippen molar-refractivity contribution in [3.63, 3.8) is 0 Å². The van der Waals surface area contributed by atoms with Gasteiger partial charge in [0.1, 0.15) is 12.4 Å². The third-order valence-electron chi connectivity index (χ3n) is 3.10. The second-order valence-electron chi connectivity index (χ2n) is 4.66. The quantitative estimate of drug-likeness (QED) is 0.848. The highest BCUT2D eigenvalue weighted by molar-refractivity contribution is 9.10. The third-order valence-corrected chi connectivity index (χ3v) is 3.63. The summed E-state index contributed by atoms with van der Waals surface area (Å²) in [6, 6.07) is 8.50. The summed E-state index contributed by atoms with van der Waals surface area (Å²) in [7, 11) is 0. The maximum Gasteiger partial charge on any atom is 0.119 e. The first-order chi connectivity index (χ1) is 8.74. The third kappa shape index (κ3) is 4.59. The predicted molar refractivity (Wildman–Crippen MR) is 76.1 cm³/mol. The molecule has 1 aromatic carbocycles. The summed E-state index contributed by atoms with van der Waals surface area (Å²) in [6.45, 7) is 4.58. The molecule has 1 fully saturated rings.